The first-order chi connectivity index (χ1) is 19.0. The van der Waals surface area contributed by atoms with E-state index in [4.69, 9.17) is 4.74 Å². The summed E-state index contributed by atoms with van der Waals surface area (Å²) in [6.45, 7) is 5.03. The fraction of sp³-hybridized carbons (Fsp3) is 0.194. The summed E-state index contributed by atoms with van der Waals surface area (Å²) in [6.07, 6.45) is 5.41. The van der Waals surface area contributed by atoms with Gasteiger partial charge in [-0.15, -0.1) is 0 Å². The van der Waals surface area contributed by atoms with E-state index in [0.29, 0.717) is 25.2 Å². The van der Waals surface area contributed by atoms with Gasteiger partial charge in [0.1, 0.15) is 11.4 Å². The average molecular weight is 526 g/mol. The number of aryl methyl sites for hydroxylation is 2. The molecule has 0 aliphatic rings. The van der Waals surface area contributed by atoms with E-state index >= 15 is 0 Å². The first kappa shape index (κ1) is 28.7. The lowest BCUT2D eigenvalue weighted by atomic mass is 10.1. The highest BCUT2D eigenvalue weighted by Crippen LogP contribution is 2.21. The van der Waals surface area contributed by atoms with Gasteiger partial charge in [-0.1, -0.05) is 55.0 Å². The summed E-state index contributed by atoms with van der Waals surface area (Å²) in [6, 6.07) is 27.9. The quantitative estimate of drug-likeness (QED) is 0.194. The van der Waals surface area contributed by atoms with Crippen LogP contribution in [0.5, 0.6) is 5.75 Å². The monoisotopic (exact) mass is 525 g/mol. The molecule has 0 fully saturated rings. The van der Waals surface area contributed by atoms with E-state index in [1.807, 2.05) is 53.3 Å². The van der Waals surface area contributed by atoms with Crippen LogP contribution >= 0.6 is 0 Å². The van der Waals surface area contributed by atoms with Gasteiger partial charge in [0, 0.05) is 36.4 Å². The van der Waals surface area contributed by atoms with Gasteiger partial charge in [0.25, 0.3) is 5.91 Å². The van der Waals surface area contributed by atoms with Crippen LogP contribution in [-0.4, -0.2) is 47.3 Å². The Labute approximate surface area is 229 Å². The topological polar surface area (TPSA) is 101 Å². The molecule has 39 heavy (non-hydrogen) atoms. The molecule has 5 aromatic rings. The molecule has 202 valence electrons. The molecule has 0 spiro atoms. The van der Waals surface area contributed by atoms with E-state index in [1.54, 1.807) is 19.4 Å². The molecule has 3 N–H and O–H groups in total. The molecule has 0 bridgehead atoms. The molecule has 0 saturated carbocycles. The van der Waals surface area contributed by atoms with Gasteiger partial charge in [-0.3, -0.25) is 9.59 Å². The van der Waals surface area contributed by atoms with Gasteiger partial charge in [0.05, 0.1) is 12.8 Å². The number of carbonyl (C=O) groups is 2. The van der Waals surface area contributed by atoms with Gasteiger partial charge in [0.15, 0.2) is 0 Å². The van der Waals surface area contributed by atoms with Crippen LogP contribution in [0, 0.1) is 6.92 Å². The highest BCUT2D eigenvalue weighted by Gasteiger charge is 2.09. The molecule has 8 heteroatoms. The second kappa shape index (κ2) is 15.4. The number of fused-ring (bicyclic) bond motifs is 1. The van der Waals surface area contributed by atoms with Gasteiger partial charge in [-0.05, 0) is 61.4 Å². The maximum absolute atomic E-state index is 11.8. The Morgan fingerprint density at radius 1 is 1.00 bits per heavy atom. The van der Waals surface area contributed by atoms with Crippen LogP contribution in [0.3, 0.4) is 0 Å². The highest BCUT2D eigenvalue weighted by atomic mass is 16.5. The standard InChI is InChI=1S/C13H15N3O3.C11H12N2.C7H8/c1-19-10-2-3-11-9(6-10)7-12(16-11)13(18)15-5-4-14-8-17;1-2-10-4-6-11(7-5-10)13-9-3-8-12-13;1-7-5-3-2-4-6-7/h2-3,6-8,16H,4-5H2,1H3,(H,14,17)(H,15,18);3-9H,2H2,1H3;2-6H,1H3. The zero-order valence-corrected chi connectivity index (χ0v) is 22.6. The number of methoxy groups -OCH3 is 1. The van der Waals surface area contributed by atoms with Crippen molar-refractivity contribution in [1.82, 2.24) is 25.4 Å². The Morgan fingerprint density at radius 2 is 1.77 bits per heavy atom. The summed E-state index contributed by atoms with van der Waals surface area (Å²) in [4.78, 5) is 24.9. The van der Waals surface area contributed by atoms with Crippen molar-refractivity contribution in [1.29, 1.82) is 0 Å². The van der Waals surface area contributed by atoms with E-state index in [9.17, 15) is 9.59 Å². The summed E-state index contributed by atoms with van der Waals surface area (Å²) in [5.74, 6) is 0.538. The first-order valence-electron chi connectivity index (χ1n) is 12.8. The van der Waals surface area contributed by atoms with E-state index in [-0.39, 0.29) is 5.91 Å². The smallest absolute Gasteiger partial charge is 0.267 e. The zero-order chi connectivity index (χ0) is 27.9. The summed E-state index contributed by atoms with van der Waals surface area (Å²) >= 11 is 0. The van der Waals surface area contributed by atoms with Crippen LogP contribution in [0.4, 0.5) is 0 Å². The van der Waals surface area contributed by atoms with Crippen molar-refractivity contribution < 1.29 is 14.3 Å². The molecule has 2 aromatic heterocycles. The molecule has 2 heterocycles. The van der Waals surface area contributed by atoms with E-state index in [1.165, 1.54) is 11.1 Å². The fourth-order valence-corrected chi connectivity index (χ4v) is 3.60. The Balaban J connectivity index is 0.000000180. The van der Waals surface area contributed by atoms with Crippen molar-refractivity contribution >= 4 is 23.2 Å². The first-order valence-corrected chi connectivity index (χ1v) is 12.8. The molecule has 0 atom stereocenters. The Hall–Kier alpha value is -4.85. The Bertz CT molecular complexity index is 1410. The van der Waals surface area contributed by atoms with Crippen LogP contribution in [0.15, 0.2) is 97.3 Å². The van der Waals surface area contributed by atoms with Crippen LogP contribution in [-0.2, 0) is 11.2 Å². The molecule has 0 aliphatic heterocycles. The molecule has 3 aromatic carbocycles. The lowest BCUT2D eigenvalue weighted by molar-refractivity contribution is -0.109. The van der Waals surface area contributed by atoms with Crippen LogP contribution in [0.2, 0.25) is 0 Å². The van der Waals surface area contributed by atoms with Crippen molar-refractivity contribution in [3.05, 3.63) is 114 Å². The number of amides is 2. The molecule has 2 amide bonds. The number of carbonyl (C=O) groups excluding carboxylic acids is 2. The summed E-state index contributed by atoms with van der Waals surface area (Å²) in [7, 11) is 1.60. The predicted molar refractivity (Wildman–Crippen MR) is 155 cm³/mol. The molecule has 0 aliphatic carbocycles. The molecular formula is C31H35N5O3. The van der Waals surface area contributed by atoms with Crippen molar-refractivity contribution in [3.63, 3.8) is 0 Å². The molecule has 0 unspecified atom stereocenters. The van der Waals surface area contributed by atoms with Crippen LogP contribution < -0.4 is 15.4 Å². The van der Waals surface area contributed by atoms with Gasteiger partial charge in [-0.2, -0.15) is 5.10 Å². The van der Waals surface area contributed by atoms with Gasteiger partial charge in [-0.25, -0.2) is 4.68 Å². The molecule has 0 radical (unpaired) electrons. The summed E-state index contributed by atoms with van der Waals surface area (Å²) < 4.78 is 6.99. The third kappa shape index (κ3) is 9.19. The molecule has 0 saturated heterocycles. The van der Waals surface area contributed by atoms with Crippen LogP contribution in [0.1, 0.15) is 28.5 Å². The number of H-pyrrole nitrogens is 1. The van der Waals surface area contributed by atoms with E-state index in [2.05, 4.69) is 71.0 Å². The third-order valence-electron chi connectivity index (χ3n) is 5.76. The minimum absolute atomic E-state index is 0.206. The second-order valence-electron chi connectivity index (χ2n) is 8.59. The molecular weight excluding hydrogens is 490 g/mol. The molecule has 8 nitrogen and oxygen atoms in total. The number of benzene rings is 3. The Morgan fingerprint density at radius 3 is 2.36 bits per heavy atom. The number of aromatic nitrogens is 3. The molecule has 5 rings (SSSR count). The SMILES string of the molecule is CCc1ccc(-n2cccn2)cc1.COc1ccc2[nH]c(C(=O)NCCNC=O)cc2c1.Cc1ccccc1. The van der Waals surface area contributed by atoms with Crippen molar-refractivity contribution in [3.8, 4) is 11.4 Å². The summed E-state index contributed by atoms with van der Waals surface area (Å²) in [5.41, 5.74) is 5.15. The number of nitrogens with zero attached hydrogens (tertiary/aromatic N) is 2. The average Bonchev–Trinajstić information content (AvgIpc) is 3.67. The Kier molecular flexibility index (Phi) is 11.3. The third-order valence-corrected chi connectivity index (χ3v) is 5.76. The number of rotatable bonds is 8. The fourth-order valence-electron chi connectivity index (χ4n) is 3.60. The minimum atomic E-state index is -0.206. The summed E-state index contributed by atoms with van der Waals surface area (Å²) in [5, 5.41) is 10.2. The largest absolute Gasteiger partial charge is 0.497 e. The number of nitrogens with one attached hydrogen (secondary N) is 3. The van der Waals surface area contributed by atoms with Gasteiger partial charge < -0.3 is 20.4 Å². The van der Waals surface area contributed by atoms with Crippen molar-refractivity contribution in [2.45, 2.75) is 20.3 Å². The van der Waals surface area contributed by atoms with Gasteiger partial charge >= 0.3 is 0 Å². The normalized spacial score (nSPS) is 9.92. The lowest BCUT2D eigenvalue weighted by Gasteiger charge is -2.02. The number of ether oxygens (including phenoxy) is 1. The number of hydrogen-bond acceptors (Lipinski definition) is 4. The zero-order valence-electron chi connectivity index (χ0n) is 22.6. The number of aromatic amines is 1. The second-order valence-corrected chi connectivity index (χ2v) is 8.59. The lowest BCUT2D eigenvalue weighted by Crippen LogP contribution is -2.31. The van der Waals surface area contributed by atoms with Crippen LogP contribution in [0.25, 0.3) is 16.6 Å². The van der Waals surface area contributed by atoms with Crippen molar-refractivity contribution in [2.75, 3.05) is 20.2 Å². The van der Waals surface area contributed by atoms with Gasteiger partial charge in [0.2, 0.25) is 6.41 Å². The minimum Gasteiger partial charge on any atom is -0.497 e. The van der Waals surface area contributed by atoms with E-state index in [0.717, 1.165) is 28.8 Å². The maximum Gasteiger partial charge on any atom is 0.267 e. The van der Waals surface area contributed by atoms with Crippen molar-refractivity contribution in [2.24, 2.45) is 0 Å². The highest BCUT2D eigenvalue weighted by molar-refractivity contribution is 5.98. The predicted octanol–water partition coefficient (Wildman–Crippen LogP) is 5.08. The number of hydrogen-bond donors (Lipinski definition) is 3. The van der Waals surface area contributed by atoms with E-state index < -0.39 is 0 Å². The maximum atomic E-state index is 11.8.